The van der Waals surface area contributed by atoms with Gasteiger partial charge in [-0.15, -0.1) is 5.10 Å². The topological polar surface area (TPSA) is 84.2 Å². The Bertz CT molecular complexity index is 1300. The molecule has 0 saturated carbocycles. The van der Waals surface area contributed by atoms with Crippen LogP contribution in [0.4, 0.5) is 0 Å². The minimum Gasteiger partial charge on any atom is -0.496 e. The molecule has 0 fully saturated rings. The molecule has 0 bridgehead atoms. The summed E-state index contributed by atoms with van der Waals surface area (Å²) in [4.78, 5) is 17.9. The van der Waals surface area contributed by atoms with Crippen molar-refractivity contribution in [3.63, 3.8) is 0 Å². The van der Waals surface area contributed by atoms with E-state index in [1.54, 1.807) is 46.6 Å². The third-order valence-corrected chi connectivity index (χ3v) is 5.47. The Morgan fingerprint density at radius 1 is 0.933 bits per heavy atom. The molecule has 0 aliphatic carbocycles. The fourth-order valence-corrected chi connectivity index (χ4v) is 4.02. The van der Waals surface area contributed by atoms with E-state index in [-0.39, 0.29) is 5.56 Å². The van der Waals surface area contributed by atoms with E-state index in [4.69, 9.17) is 18.9 Å². The fraction of sp³-hybridized carbons (Fsp3) is 0.190. The number of ether oxygens (including phenoxy) is 4. The van der Waals surface area contributed by atoms with Crippen molar-refractivity contribution >= 4 is 22.4 Å². The van der Waals surface area contributed by atoms with Gasteiger partial charge >= 0.3 is 0 Å². The van der Waals surface area contributed by atoms with Gasteiger partial charge in [-0.2, -0.15) is 9.50 Å². The highest BCUT2D eigenvalue weighted by atomic mass is 32.1. The fourth-order valence-electron chi connectivity index (χ4n) is 3.11. The summed E-state index contributed by atoms with van der Waals surface area (Å²) in [5.74, 6) is 2.59. The minimum absolute atomic E-state index is 0.252. The largest absolute Gasteiger partial charge is 0.496 e. The van der Waals surface area contributed by atoms with Gasteiger partial charge in [0.2, 0.25) is 10.7 Å². The Labute approximate surface area is 175 Å². The predicted molar refractivity (Wildman–Crippen MR) is 114 cm³/mol. The standard InChI is InChI=1S/C21H19N3O5S/c1-26-14-8-6-5-7-13(14)19-22-21-24(23-19)20(25)17(30-21)11-12-9-15(27-2)18(29-4)16(10-12)28-3/h5-11H,1-4H3/b17-11-. The Morgan fingerprint density at radius 3 is 2.20 bits per heavy atom. The predicted octanol–water partition coefficient (Wildman–Crippen LogP) is 2.40. The van der Waals surface area contributed by atoms with Crippen molar-refractivity contribution in [2.75, 3.05) is 28.4 Å². The summed E-state index contributed by atoms with van der Waals surface area (Å²) < 4.78 is 23.2. The van der Waals surface area contributed by atoms with Crippen LogP contribution < -0.4 is 29.0 Å². The first kappa shape index (κ1) is 19.7. The van der Waals surface area contributed by atoms with Crippen LogP contribution in [-0.2, 0) is 0 Å². The molecule has 0 unspecified atom stereocenters. The van der Waals surface area contributed by atoms with Crippen molar-refractivity contribution in [1.29, 1.82) is 0 Å². The van der Waals surface area contributed by atoms with Crippen LogP contribution in [0.25, 0.3) is 22.4 Å². The van der Waals surface area contributed by atoms with E-state index in [0.717, 1.165) is 11.1 Å². The van der Waals surface area contributed by atoms with Gasteiger partial charge in [-0.05, 0) is 35.9 Å². The first-order valence-corrected chi connectivity index (χ1v) is 9.76. The maximum atomic E-state index is 12.9. The van der Waals surface area contributed by atoms with Gasteiger partial charge in [0.05, 0.1) is 38.5 Å². The molecule has 2 aromatic carbocycles. The van der Waals surface area contributed by atoms with Gasteiger partial charge in [0.25, 0.3) is 5.56 Å². The molecular weight excluding hydrogens is 406 g/mol. The first-order valence-electron chi connectivity index (χ1n) is 8.94. The number of nitrogens with zero attached hydrogens (tertiary/aromatic N) is 3. The lowest BCUT2D eigenvalue weighted by atomic mass is 10.1. The van der Waals surface area contributed by atoms with Crippen LogP contribution in [0.2, 0.25) is 0 Å². The highest BCUT2D eigenvalue weighted by Crippen LogP contribution is 2.38. The molecule has 9 heteroatoms. The van der Waals surface area contributed by atoms with Gasteiger partial charge in [0, 0.05) is 0 Å². The Kier molecular flexibility index (Phi) is 5.28. The molecule has 0 aliphatic rings. The van der Waals surface area contributed by atoms with Crippen LogP contribution in [0.3, 0.4) is 0 Å². The number of aromatic nitrogens is 3. The maximum absolute atomic E-state index is 12.9. The monoisotopic (exact) mass is 425 g/mol. The minimum atomic E-state index is -0.252. The molecule has 0 radical (unpaired) electrons. The quantitative estimate of drug-likeness (QED) is 0.469. The van der Waals surface area contributed by atoms with E-state index >= 15 is 0 Å². The molecule has 4 rings (SSSR count). The number of para-hydroxylation sites is 1. The average molecular weight is 425 g/mol. The molecule has 0 N–H and O–H groups in total. The van der Waals surface area contributed by atoms with E-state index in [9.17, 15) is 4.79 Å². The highest BCUT2D eigenvalue weighted by Gasteiger charge is 2.16. The zero-order chi connectivity index (χ0) is 21.3. The second-order valence-electron chi connectivity index (χ2n) is 6.20. The second-order valence-corrected chi connectivity index (χ2v) is 7.21. The number of methoxy groups -OCH3 is 4. The number of hydrogen-bond acceptors (Lipinski definition) is 8. The molecule has 0 spiro atoms. The average Bonchev–Trinajstić information content (AvgIpc) is 3.32. The molecule has 2 aromatic heterocycles. The number of fused-ring (bicyclic) bond motifs is 1. The molecule has 0 atom stereocenters. The molecule has 4 aromatic rings. The van der Waals surface area contributed by atoms with Gasteiger partial charge in [-0.1, -0.05) is 23.5 Å². The molecule has 30 heavy (non-hydrogen) atoms. The van der Waals surface area contributed by atoms with Crippen LogP contribution >= 0.6 is 11.3 Å². The number of thiazole rings is 1. The van der Waals surface area contributed by atoms with Crippen molar-refractivity contribution < 1.29 is 18.9 Å². The summed E-state index contributed by atoms with van der Waals surface area (Å²) in [6.07, 6.45) is 1.75. The van der Waals surface area contributed by atoms with Gasteiger partial charge in [-0.3, -0.25) is 4.79 Å². The Balaban J connectivity index is 1.82. The Morgan fingerprint density at radius 2 is 1.60 bits per heavy atom. The van der Waals surface area contributed by atoms with E-state index < -0.39 is 0 Å². The molecule has 0 amide bonds. The molecule has 0 aliphatic heterocycles. The third-order valence-electron chi connectivity index (χ3n) is 4.51. The number of hydrogen-bond donors (Lipinski definition) is 0. The van der Waals surface area contributed by atoms with Gasteiger partial charge in [0.1, 0.15) is 5.75 Å². The van der Waals surface area contributed by atoms with Gasteiger partial charge < -0.3 is 18.9 Å². The lowest BCUT2D eigenvalue weighted by Gasteiger charge is -2.12. The summed E-state index contributed by atoms with van der Waals surface area (Å²) in [6, 6.07) is 11.0. The van der Waals surface area contributed by atoms with E-state index in [1.165, 1.54) is 15.9 Å². The summed E-state index contributed by atoms with van der Waals surface area (Å²) in [5, 5.41) is 4.38. The molecule has 8 nitrogen and oxygen atoms in total. The Hall–Kier alpha value is -3.59. The first-order chi connectivity index (χ1) is 14.6. The van der Waals surface area contributed by atoms with E-state index in [1.807, 2.05) is 24.3 Å². The van der Waals surface area contributed by atoms with Crippen molar-refractivity contribution in [1.82, 2.24) is 14.6 Å². The van der Waals surface area contributed by atoms with Crippen molar-refractivity contribution in [3.05, 3.63) is 56.8 Å². The van der Waals surface area contributed by atoms with Crippen LogP contribution in [0.1, 0.15) is 5.56 Å². The number of benzene rings is 2. The molecule has 2 heterocycles. The van der Waals surface area contributed by atoms with Gasteiger partial charge in [0.15, 0.2) is 17.3 Å². The van der Waals surface area contributed by atoms with Gasteiger partial charge in [-0.25, -0.2) is 0 Å². The van der Waals surface area contributed by atoms with Crippen LogP contribution in [0.15, 0.2) is 41.2 Å². The van der Waals surface area contributed by atoms with Crippen LogP contribution in [0.5, 0.6) is 23.0 Å². The second kappa shape index (κ2) is 8.03. The summed E-state index contributed by atoms with van der Waals surface area (Å²) in [6.45, 7) is 0. The normalized spacial score (nSPS) is 11.7. The van der Waals surface area contributed by atoms with Crippen molar-refractivity contribution in [3.8, 4) is 34.4 Å². The van der Waals surface area contributed by atoms with Crippen molar-refractivity contribution in [2.24, 2.45) is 0 Å². The highest BCUT2D eigenvalue weighted by molar-refractivity contribution is 7.15. The van der Waals surface area contributed by atoms with E-state index in [2.05, 4.69) is 10.1 Å². The smallest absolute Gasteiger partial charge is 0.291 e. The molecule has 154 valence electrons. The zero-order valence-corrected chi connectivity index (χ0v) is 17.6. The summed E-state index contributed by atoms with van der Waals surface area (Å²) in [7, 11) is 6.21. The lowest BCUT2D eigenvalue weighted by Crippen LogP contribution is -2.23. The molecule has 0 saturated heterocycles. The van der Waals surface area contributed by atoms with Crippen molar-refractivity contribution in [2.45, 2.75) is 0 Å². The molecular formula is C21H19N3O5S. The summed E-state index contributed by atoms with van der Waals surface area (Å²) >= 11 is 1.25. The third kappa shape index (κ3) is 3.33. The summed E-state index contributed by atoms with van der Waals surface area (Å²) in [5.41, 5.74) is 1.21. The number of rotatable bonds is 6. The van der Waals surface area contributed by atoms with Crippen LogP contribution in [0, 0.1) is 0 Å². The van der Waals surface area contributed by atoms with E-state index in [0.29, 0.717) is 38.3 Å². The van der Waals surface area contributed by atoms with Crippen LogP contribution in [-0.4, -0.2) is 43.0 Å². The zero-order valence-electron chi connectivity index (χ0n) is 16.8. The maximum Gasteiger partial charge on any atom is 0.291 e. The lowest BCUT2D eigenvalue weighted by molar-refractivity contribution is 0.324. The SMILES string of the molecule is COc1ccccc1-c1nc2s/c(=C\c3cc(OC)c(OC)c(OC)c3)c(=O)n2n1.